The van der Waals surface area contributed by atoms with Crippen LogP contribution in [0.2, 0.25) is 0 Å². The first-order valence-corrected chi connectivity index (χ1v) is 6.97. The molecule has 0 bridgehead atoms. The second kappa shape index (κ2) is 5.78. The van der Waals surface area contributed by atoms with Crippen molar-refractivity contribution in [2.24, 2.45) is 11.8 Å². The first-order valence-electron chi connectivity index (χ1n) is 6.97. The summed E-state index contributed by atoms with van der Waals surface area (Å²) < 4.78 is 0. The van der Waals surface area contributed by atoms with Crippen LogP contribution in [0.1, 0.15) is 77.0 Å². The third kappa shape index (κ3) is 3.00. The molecule has 0 aliphatic heterocycles. The van der Waals surface area contributed by atoms with E-state index in [1.54, 1.807) is 25.7 Å². The average Bonchev–Trinajstić information content (AvgIpc) is 2.92. The predicted molar refractivity (Wildman–Crippen MR) is 62.4 cm³/mol. The van der Waals surface area contributed by atoms with Crippen LogP contribution in [-0.2, 0) is 0 Å². The molecule has 0 aromatic carbocycles. The Balaban J connectivity index is 0.000000128. The minimum Gasteiger partial charge on any atom is -0.0533 e. The Morgan fingerprint density at radius 3 is 1.14 bits per heavy atom. The highest BCUT2D eigenvalue weighted by molar-refractivity contribution is 4.80. The van der Waals surface area contributed by atoms with Gasteiger partial charge in [0.2, 0.25) is 0 Å². The summed E-state index contributed by atoms with van der Waals surface area (Å²) in [5, 5.41) is 0. The molecule has 0 saturated heterocycles. The summed E-state index contributed by atoms with van der Waals surface area (Å²) in [5.41, 5.74) is 0. The fourth-order valence-electron chi connectivity index (χ4n) is 3.57. The van der Waals surface area contributed by atoms with Crippen molar-refractivity contribution in [1.82, 2.24) is 0 Å². The van der Waals surface area contributed by atoms with Crippen LogP contribution in [0, 0.1) is 11.8 Å². The van der Waals surface area contributed by atoms with Crippen molar-refractivity contribution in [1.29, 1.82) is 0 Å². The molecular formula is C14H26. The quantitative estimate of drug-likeness (QED) is 0.513. The minimum atomic E-state index is 1.17. The summed E-state index contributed by atoms with van der Waals surface area (Å²) in [6, 6.07) is 0. The first kappa shape index (κ1) is 10.5. The van der Waals surface area contributed by atoms with Gasteiger partial charge in [0.05, 0.1) is 0 Å². The Hall–Kier alpha value is 0. The Labute approximate surface area is 89.5 Å². The maximum absolute atomic E-state index is 1.56. The molecule has 14 heavy (non-hydrogen) atoms. The zero-order valence-electron chi connectivity index (χ0n) is 9.64. The normalized spacial score (nSPS) is 36.0. The van der Waals surface area contributed by atoms with Gasteiger partial charge in [-0.3, -0.25) is 0 Å². The molecule has 0 heteroatoms. The van der Waals surface area contributed by atoms with Gasteiger partial charge in [0.15, 0.2) is 0 Å². The molecule has 0 spiro atoms. The number of rotatable bonds is 0. The maximum atomic E-state index is 1.56. The van der Waals surface area contributed by atoms with Gasteiger partial charge < -0.3 is 0 Å². The summed E-state index contributed by atoms with van der Waals surface area (Å²) in [6.45, 7) is 0. The predicted octanol–water partition coefficient (Wildman–Crippen LogP) is 4.93. The van der Waals surface area contributed by atoms with Gasteiger partial charge in [0.1, 0.15) is 0 Å². The highest BCUT2D eigenvalue weighted by Gasteiger charge is 2.28. The van der Waals surface area contributed by atoms with E-state index in [2.05, 4.69) is 0 Å². The van der Waals surface area contributed by atoms with E-state index in [1.807, 2.05) is 0 Å². The topological polar surface area (TPSA) is 0 Å². The van der Waals surface area contributed by atoms with Crippen molar-refractivity contribution in [3.63, 3.8) is 0 Å². The smallest absolute Gasteiger partial charge is 0.0386 e. The van der Waals surface area contributed by atoms with Crippen molar-refractivity contribution in [3.8, 4) is 0 Å². The molecule has 0 aromatic heterocycles. The Morgan fingerprint density at radius 2 is 0.714 bits per heavy atom. The third-order valence-corrected chi connectivity index (χ3v) is 4.47. The molecule has 0 heterocycles. The lowest BCUT2D eigenvalue weighted by molar-refractivity contribution is 0.277. The average molecular weight is 194 g/mol. The Morgan fingerprint density at radius 1 is 0.357 bits per heavy atom. The lowest BCUT2D eigenvalue weighted by Gasteiger charge is -2.24. The molecule has 0 N–H and O–H groups in total. The molecule has 0 nitrogen and oxygen atoms in total. The van der Waals surface area contributed by atoms with Crippen LogP contribution in [0.15, 0.2) is 0 Å². The van der Waals surface area contributed by atoms with Crippen molar-refractivity contribution in [2.45, 2.75) is 77.0 Å². The van der Waals surface area contributed by atoms with Crippen LogP contribution in [-0.4, -0.2) is 0 Å². The molecule has 3 rings (SSSR count). The molecule has 3 fully saturated rings. The fourth-order valence-corrected chi connectivity index (χ4v) is 3.57. The summed E-state index contributed by atoms with van der Waals surface area (Å²) >= 11 is 0. The van der Waals surface area contributed by atoms with Crippen LogP contribution in [0.3, 0.4) is 0 Å². The Kier molecular flexibility index (Phi) is 4.34. The monoisotopic (exact) mass is 194 g/mol. The van der Waals surface area contributed by atoms with E-state index >= 15 is 0 Å². The summed E-state index contributed by atoms with van der Waals surface area (Å²) in [5.74, 6) is 2.33. The standard InChI is InChI=1S/C9H16.C5H10/c1-2-5-9-7-3-6-8(9)4-1;1-2-4-5-3-1/h8-9H,1-7H2;1-5H2. The lowest BCUT2D eigenvalue weighted by Crippen LogP contribution is -2.12. The maximum Gasteiger partial charge on any atom is -0.0386 e. The van der Waals surface area contributed by atoms with Crippen molar-refractivity contribution in [2.75, 3.05) is 0 Å². The molecule has 82 valence electrons. The number of hydrogen-bond acceptors (Lipinski definition) is 0. The van der Waals surface area contributed by atoms with Crippen LogP contribution in [0.4, 0.5) is 0 Å². The van der Waals surface area contributed by atoms with Gasteiger partial charge in [-0.1, -0.05) is 77.0 Å². The Bertz CT molecular complexity index is 127. The van der Waals surface area contributed by atoms with Gasteiger partial charge >= 0.3 is 0 Å². The van der Waals surface area contributed by atoms with E-state index in [0.717, 1.165) is 0 Å². The molecule has 3 aliphatic carbocycles. The largest absolute Gasteiger partial charge is 0.0533 e. The third-order valence-electron chi connectivity index (χ3n) is 4.47. The highest BCUT2D eigenvalue weighted by atomic mass is 14.3. The molecule has 0 amide bonds. The summed E-state index contributed by atoms with van der Waals surface area (Å²) in [7, 11) is 0. The minimum absolute atomic E-state index is 1.17. The zero-order chi connectivity index (χ0) is 9.64. The van der Waals surface area contributed by atoms with Gasteiger partial charge in [0, 0.05) is 0 Å². The highest BCUT2D eigenvalue weighted by Crippen LogP contribution is 2.41. The van der Waals surface area contributed by atoms with Crippen LogP contribution in [0.5, 0.6) is 0 Å². The van der Waals surface area contributed by atoms with Crippen molar-refractivity contribution >= 4 is 0 Å². The molecular weight excluding hydrogens is 168 g/mol. The second-order valence-corrected chi connectivity index (χ2v) is 5.50. The van der Waals surface area contributed by atoms with Crippen molar-refractivity contribution < 1.29 is 0 Å². The number of fused-ring (bicyclic) bond motifs is 1. The van der Waals surface area contributed by atoms with Crippen LogP contribution >= 0.6 is 0 Å². The SMILES string of the molecule is C1CCC2CCCC2C1.C1CCCC1. The van der Waals surface area contributed by atoms with Crippen LogP contribution in [0.25, 0.3) is 0 Å². The first-order chi connectivity index (χ1) is 6.97. The van der Waals surface area contributed by atoms with E-state index in [0.29, 0.717) is 0 Å². The van der Waals surface area contributed by atoms with E-state index < -0.39 is 0 Å². The zero-order valence-corrected chi connectivity index (χ0v) is 9.64. The molecule has 2 atom stereocenters. The molecule has 0 radical (unpaired) electrons. The van der Waals surface area contributed by atoms with E-state index in [9.17, 15) is 0 Å². The lowest BCUT2D eigenvalue weighted by atomic mass is 9.82. The summed E-state index contributed by atoms with van der Waals surface area (Å²) in [4.78, 5) is 0. The van der Waals surface area contributed by atoms with Gasteiger partial charge in [-0.25, -0.2) is 0 Å². The molecule has 3 aliphatic rings. The van der Waals surface area contributed by atoms with E-state index in [1.165, 1.54) is 63.2 Å². The molecule has 3 saturated carbocycles. The summed E-state index contributed by atoms with van der Waals surface area (Å²) in [6.07, 6.45) is 18.3. The number of hydrogen-bond donors (Lipinski definition) is 0. The van der Waals surface area contributed by atoms with Gasteiger partial charge in [-0.05, 0) is 11.8 Å². The van der Waals surface area contributed by atoms with Crippen LogP contribution < -0.4 is 0 Å². The second-order valence-electron chi connectivity index (χ2n) is 5.50. The van der Waals surface area contributed by atoms with Gasteiger partial charge in [-0.2, -0.15) is 0 Å². The van der Waals surface area contributed by atoms with Gasteiger partial charge in [0.25, 0.3) is 0 Å². The van der Waals surface area contributed by atoms with Crippen molar-refractivity contribution in [3.05, 3.63) is 0 Å². The molecule has 2 unspecified atom stereocenters. The van der Waals surface area contributed by atoms with E-state index in [-0.39, 0.29) is 0 Å². The molecule has 0 aromatic rings. The fraction of sp³-hybridized carbons (Fsp3) is 1.00. The van der Waals surface area contributed by atoms with E-state index in [4.69, 9.17) is 0 Å². The van der Waals surface area contributed by atoms with Gasteiger partial charge in [-0.15, -0.1) is 0 Å².